The third-order valence-corrected chi connectivity index (χ3v) is 5.45. The number of ether oxygens (including phenoxy) is 1. The molecule has 0 bridgehead atoms. The van der Waals surface area contributed by atoms with Crippen molar-refractivity contribution in [3.63, 3.8) is 0 Å². The molecule has 1 aliphatic heterocycles. The molecular formula is C24H35N3O2. The molecule has 0 unspecified atom stereocenters. The molecule has 3 rings (SSSR count). The van der Waals surface area contributed by atoms with Crippen LogP contribution in [0.2, 0.25) is 0 Å². The van der Waals surface area contributed by atoms with Crippen molar-refractivity contribution in [1.29, 1.82) is 0 Å². The summed E-state index contributed by atoms with van der Waals surface area (Å²) in [6.07, 6.45) is 1.62. The Morgan fingerprint density at radius 2 is 1.62 bits per heavy atom. The first kappa shape index (κ1) is 21.4. The molecule has 1 aliphatic rings. The van der Waals surface area contributed by atoms with E-state index in [1.54, 1.807) is 0 Å². The zero-order chi connectivity index (χ0) is 21.4. The Bertz CT molecular complexity index is 846. The quantitative estimate of drug-likeness (QED) is 0.663. The van der Waals surface area contributed by atoms with Gasteiger partial charge in [0.25, 0.3) is 0 Å². The zero-order valence-electron chi connectivity index (χ0n) is 19.0. The van der Waals surface area contributed by atoms with Crippen LogP contribution in [0.1, 0.15) is 77.3 Å². The molecule has 0 radical (unpaired) electrons. The number of nitrogens with zero attached hydrogens (tertiary/aromatic N) is 3. The van der Waals surface area contributed by atoms with Gasteiger partial charge in [-0.25, -0.2) is 9.48 Å². The molecule has 5 heteroatoms. The van der Waals surface area contributed by atoms with Gasteiger partial charge in [0.1, 0.15) is 5.60 Å². The molecule has 1 amide bonds. The average Bonchev–Trinajstić information content (AvgIpc) is 3.01. The van der Waals surface area contributed by atoms with Crippen molar-refractivity contribution in [2.24, 2.45) is 0 Å². The minimum absolute atomic E-state index is 0.144. The SMILES string of the molecule is Cc1cc(C2CCN(C(=O)OC(C)(C)C)CC2)nn1-c1ccc(C(C)(C)C)cc1. The summed E-state index contributed by atoms with van der Waals surface area (Å²) in [4.78, 5) is 14.1. The molecule has 0 aliphatic carbocycles. The lowest BCUT2D eigenvalue weighted by Gasteiger charge is -2.32. The molecule has 2 heterocycles. The molecule has 1 aromatic heterocycles. The standard InChI is InChI=1S/C24H35N3O2/c1-17-16-21(18-12-14-26(15-13-18)22(28)29-24(5,6)7)25-27(17)20-10-8-19(9-11-20)23(2,3)4/h8-11,16,18H,12-15H2,1-7H3. The topological polar surface area (TPSA) is 47.4 Å². The number of aryl methyl sites for hydroxylation is 1. The number of carbonyl (C=O) groups excluding carboxylic acids is 1. The fraction of sp³-hybridized carbons (Fsp3) is 0.583. The fourth-order valence-electron chi connectivity index (χ4n) is 3.75. The summed E-state index contributed by atoms with van der Waals surface area (Å²) in [6, 6.07) is 10.9. The first-order valence-electron chi connectivity index (χ1n) is 10.6. The van der Waals surface area contributed by atoms with Crippen molar-refractivity contribution in [2.75, 3.05) is 13.1 Å². The van der Waals surface area contributed by atoms with Gasteiger partial charge >= 0.3 is 6.09 Å². The zero-order valence-corrected chi connectivity index (χ0v) is 19.0. The molecule has 0 atom stereocenters. The van der Waals surface area contributed by atoms with Crippen molar-refractivity contribution in [3.05, 3.63) is 47.3 Å². The van der Waals surface area contributed by atoms with Gasteiger partial charge in [-0.1, -0.05) is 32.9 Å². The molecule has 0 spiro atoms. The number of rotatable bonds is 2. The van der Waals surface area contributed by atoms with Crippen molar-refractivity contribution in [3.8, 4) is 5.69 Å². The van der Waals surface area contributed by atoms with E-state index in [0.29, 0.717) is 19.0 Å². The van der Waals surface area contributed by atoms with Crippen LogP contribution in [-0.4, -0.2) is 39.5 Å². The summed E-state index contributed by atoms with van der Waals surface area (Å²) in [5.41, 5.74) is 4.36. The van der Waals surface area contributed by atoms with E-state index in [1.165, 1.54) is 5.56 Å². The van der Waals surface area contributed by atoms with Crippen LogP contribution in [0.4, 0.5) is 4.79 Å². The van der Waals surface area contributed by atoms with E-state index in [4.69, 9.17) is 9.84 Å². The van der Waals surface area contributed by atoms with Crippen LogP contribution in [0.5, 0.6) is 0 Å². The summed E-state index contributed by atoms with van der Waals surface area (Å²) in [6.45, 7) is 15.9. The number of carbonyl (C=O) groups is 1. The monoisotopic (exact) mass is 397 g/mol. The van der Waals surface area contributed by atoms with Crippen LogP contribution >= 0.6 is 0 Å². The normalized spacial score (nSPS) is 16.2. The Balaban J connectivity index is 1.68. The third kappa shape index (κ3) is 5.20. The number of hydrogen-bond donors (Lipinski definition) is 0. The Morgan fingerprint density at radius 1 is 1.03 bits per heavy atom. The highest BCUT2D eigenvalue weighted by Gasteiger charge is 2.28. The van der Waals surface area contributed by atoms with Crippen molar-refractivity contribution in [1.82, 2.24) is 14.7 Å². The van der Waals surface area contributed by atoms with Crippen LogP contribution in [-0.2, 0) is 10.2 Å². The van der Waals surface area contributed by atoms with Crippen molar-refractivity contribution < 1.29 is 9.53 Å². The number of piperidine rings is 1. The lowest BCUT2D eigenvalue weighted by Crippen LogP contribution is -2.41. The van der Waals surface area contributed by atoms with Gasteiger partial charge in [0.15, 0.2) is 0 Å². The molecule has 0 saturated carbocycles. The van der Waals surface area contributed by atoms with Gasteiger partial charge in [0.05, 0.1) is 11.4 Å². The molecule has 1 fully saturated rings. The number of benzene rings is 1. The lowest BCUT2D eigenvalue weighted by atomic mass is 9.87. The summed E-state index contributed by atoms with van der Waals surface area (Å²) < 4.78 is 7.53. The van der Waals surface area contributed by atoms with Crippen LogP contribution in [0.3, 0.4) is 0 Å². The Labute approximate surface area is 175 Å². The van der Waals surface area contributed by atoms with Gasteiger partial charge < -0.3 is 9.64 Å². The predicted octanol–water partition coefficient (Wildman–Crippen LogP) is 5.59. The van der Waals surface area contributed by atoms with E-state index in [1.807, 2.05) is 30.4 Å². The van der Waals surface area contributed by atoms with Crippen molar-refractivity contribution in [2.45, 2.75) is 78.2 Å². The third-order valence-electron chi connectivity index (χ3n) is 5.45. The number of likely N-dealkylation sites (tertiary alicyclic amines) is 1. The largest absolute Gasteiger partial charge is 0.444 e. The maximum atomic E-state index is 12.3. The predicted molar refractivity (Wildman–Crippen MR) is 117 cm³/mol. The Morgan fingerprint density at radius 3 is 2.14 bits per heavy atom. The Kier molecular flexibility index (Phi) is 5.79. The van der Waals surface area contributed by atoms with Gasteiger partial charge in [0, 0.05) is 24.7 Å². The average molecular weight is 398 g/mol. The molecule has 2 aromatic rings. The highest BCUT2D eigenvalue weighted by molar-refractivity contribution is 5.68. The van der Waals surface area contributed by atoms with Crippen LogP contribution < -0.4 is 0 Å². The molecule has 158 valence electrons. The smallest absolute Gasteiger partial charge is 0.410 e. The lowest BCUT2D eigenvalue weighted by molar-refractivity contribution is 0.0204. The molecule has 5 nitrogen and oxygen atoms in total. The molecule has 0 N–H and O–H groups in total. The Hall–Kier alpha value is -2.30. The summed E-state index contributed by atoms with van der Waals surface area (Å²) in [5, 5.41) is 4.91. The van der Waals surface area contributed by atoms with Gasteiger partial charge in [-0.15, -0.1) is 0 Å². The molecule has 29 heavy (non-hydrogen) atoms. The summed E-state index contributed by atoms with van der Waals surface area (Å²) in [7, 11) is 0. The maximum Gasteiger partial charge on any atom is 0.410 e. The first-order chi connectivity index (χ1) is 13.4. The molecule has 1 saturated heterocycles. The van der Waals surface area contributed by atoms with Gasteiger partial charge in [0.2, 0.25) is 0 Å². The highest BCUT2D eigenvalue weighted by atomic mass is 16.6. The van der Waals surface area contributed by atoms with Crippen LogP contribution in [0.25, 0.3) is 5.69 Å². The van der Waals surface area contributed by atoms with E-state index in [-0.39, 0.29) is 11.5 Å². The van der Waals surface area contributed by atoms with Crippen molar-refractivity contribution >= 4 is 6.09 Å². The van der Waals surface area contributed by atoms with Crippen LogP contribution in [0, 0.1) is 6.92 Å². The number of amides is 1. The van der Waals surface area contributed by atoms with E-state index in [2.05, 4.69) is 58.0 Å². The summed E-state index contributed by atoms with van der Waals surface area (Å²) in [5.74, 6) is 0.377. The number of aromatic nitrogens is 2. The second-order valence-corrected chi connectivity index (χ2v) is 10.2. The molecule has 1 aromatic carbocycles. The fourth-order valence-corrected chi connectivity index (χ4v) is 3.75. The first-order valence-corrected chi connectivity index (χ1v) is 10.6. The van der Waals surface area contributed by atoms with E-state index >= 15 is 0 Å². The van der Waals surface area contributed by atoms with Gasteiger partial charge in [-0.05, 0) is 69.7 Å². The minimum atomic E-state index is -0.452. The van der Waals surface area contributed by atoms with Gasteiger partial charge in [-0.3, -0.25) is 0 Å². The minimum Gasteiger partial charge on any atom is -0.444 e. The molecular weight excluding hydrogens is 362 g/mol. The highest BCUT2D eigenvalue weighted by Crippen LogP contribution is 2.30. The van der Waals surface area contributed by atoms with E-state index in [9.17, 15) is 4.79 Å². The van der Waals surface area contributed by atoms with Gasteiger partial charge in [-0.2, -0.15) is 5.10 Å². The van der Waals surface area contributed by atoms with E-state index in [0.717, 1.165) is 29.9 Å². The van der Waals surface area contributed by atoms with Crippen LogP contribution in [0.15, 0.2) is 30.3 Å². The second-order valence-electron chi connectivity index (χ2n) is 10.2. The van der Waals surface area contributed by atoms with E-state index < -0.39 is 5.60 Å². The summed E-state index contributed by atoms with van der Waals surface area (Å²) >= 11 is 0. The number of hydrogen-bond acceptors (Lipinski definition) is 3. The second kappa shape index (κ2) is 7.85. The maximum absolute atomic E-state index is 12.3.